The van der Waals surface area contributed by atoms with E-state index in [4.69, 9.17) is 16.3 Å². The van der Waals surface area contributed by atoms with Crippen molar-refractivity contribution in [1.29, 1.82) is 0 Å². The van der Waals surface area contributed by atoms with Crippen LogP contribution >= 0.6 is 11.6 Å². The SMILES string of the molecule is COc1ccc(-c2cnc(Cl)[nH]2)cc1F. The van der Waals surface area contributed by atoms with Gasteiger partial charge >= 0.3 is 0 Å². The standard InChI is InChI=1S/C10H8ClFN2O/c1-15-9-3-2-6(4-7(9)12)8-5-13-10(11)14-8/h2-5H,1H3,(H,13,14). The number of hydrogen-bond acceptors (Lipinski definition) is 2. The zero-order valence-electron chi connectivity index (χ0n) is 7.92. The summed E-state index contributed by atoms with van der Waals surface area (Å²) in [4.78, 5) is 6.63. The Bertz CT molecular complexity index is 484. The second kappa shape index (κ2) is 3.90. The molecule has 1 heterocycles. The van der Waals surface area contributed by atoms with Gasteiger partial charge in [-0.15, -0.1) is 0 Å². The summed E-state index contributed by atoms with van der Waals surface area (Å²) in [5.41, 5.74) is 1.34. The molecule has 0 aliphatic heterocycles. The third-order valence-corrected chi connectivity index (χ3v) is 2.20. The first-order valence-electron chi connectivity index (χ1n) is 4.25. The average molecular weight is 227 g/mol. The number of halogens is 2. The van der Waals surface area contributed by atoms with Crippen LogP contribution in [0.1, 0.15) is 0 Å². The zero-order valence-corrected chi connectivity index (χ0v) is 8.68. The smallest absolute Gasteiger partial charge is 0.200 e. The number of aromatic amines is 1. The highest BCUT2D eigenvalue weighted by Gasteiger charge is 2.06. The fourth-order valence-corrected chi connectivity index (χ4v) is 1.43. The van der Waals surface area contributed by atoms with Crippen molar-refractivity contribution >= 4 is 11.6 Å². The van der Waals surface area contributed by atoms with Crippen molar-refractivity contribution in [1.82, 2.24) is 9.97 Å². The molecule has 2 rings (SSSR count). The zero-order chi connectivity index (χ0) is 10.8. The molecule has 1 aromatic carbocycles. The maximum Gasteiger partial charge on any atom is 0.200 e. The molecule has 0 unspecified atom stereocenters. The predicted octanol–water partition coefficient (Wildman–Crippen LogP) is 2.88. The lowest BCUT2D eigenvalue weighted by atomic mass is 10.1. The first-order chi connectivity index (χ1) is 7.20. The number of aromatic nitrogens is 2. The molecule has 1 N–H and O–H groups in total. The van der Waals surface area contributed by atoms with Crippen LogP contribution in [0.5, 0.6) is 5.75 Å². The maximum absolute atomic E-state index is 13.4. The van der Waals surface area contributed by atoms with Crippen molar-refractivity contribution < 1.29 is 9.13 Å². The van der Waals surface area contributed by atoms with Crippen LogP contribution in [0.15, 0.2) is 24.4 Å². The van der Waals surface area contributed by atoms with Gasteiger partial charge in [0.25, 0.3) is 0 Å². The number of rotatable bonds is 2. The van der Waals surface area contributed by atoms with Gasteiger partial charge in [0.2, 0.25) is 0 Å². The summed E-state index contributed by atoms with van der Waals surface area (Å²) in [7, 11) is 1.42. The van der Waals surface area contributed by atoms with Gasteiger partial charge in [-0.3, -0.25) is 0 Å². The van der Waals surface area contributed by atoms with E-state index in [1.165, 1.54) is 13.2 Å². The van der Waals surface area contributed by atoms with E-state index in [9.17, 15) is 4.39 Å². The van der Waals surface area contributed by atoms with E-state index < -0.39 is 5.82 Å². The Morgan fingerprint density at radius 1 is 1.47 bits per heavy atom. The quantitative estimate of drug-likeness (QED) is 0.855. The molecule has 0 saturated heterocycles. The minimum absolute atomic E-state index is 0.212. The van der Waals surface area contributed by atoms with Gasteiger partial charge in [0.15, 0.2) is 16.9 Å². The van der Waals surface area contributed by atoms with Crippen molar-refractivity contribution in [3.05, 3.63) is 35.5 Å². The summed E-state index contributed by atoms with van der Waals surface area (Å²) < 4.78 is 18.2. The summed E-state index contributed by atoms with van der Waals surface area (Å²) in [6.07, 6.45) is 1.55. The van der Waals surface area contributed by atoms with E-state index in [0.29, 0.717) is 11.3 Å². The number of ether oxygens (including phenoxy) is 1. The Balaban J connectivity index is 2.42. The van der Waals surface area contributed by atoms with Crippen molar-refractivity contribution in [2.24, 2.45) is 0 Å². The Hall–Kier alpha value is -1.55. The van der Waals surface area contributed by atoms with E-state index in [1.54, 1.807) is 18.3 Å². The fourth-order valence-electron chi connectivity index (χ4n) is 1.28. The van der Waals surface area contributed by atoms with Gasteiger partial charge in [0.1, 0.15) is 0 Å². The number of methoxy groups -OCH3 is 1. The molecule has 0 fully saturated rings. The molecule has 5 heteroatoms. The second-order valence-corrected chi connectivity index (χ2v) is 3.30. The van der Waals surface area contributed by atoms with Crippen LogP contribution in [0.3, 0.4) is 0 Å². The van der Waals surface area contributed by atoms with Gasteiger partial charge in [-0.05, 0) is 29.8 Å². The minimum atomic E-state index is -0.416. The first-order valence-corrected chi connectivity index (χ1v) is 4.63. The maximum atomic E-state index is 13.4. The predicted molar refractivity (Wildman–Crippen MR) is 55.5 cm³/mol. The van der Waals surface area contributed by atoms with Crippen LogP contribution < -0.4 is 4.74 Å². The van der Waals surface area contributed by atoms with E-state index in [2.05, 4.69) is 9.97 Å². The third-order valence-electron chi connectivity index (χ3n) is 2.01. The number of nitrogens with zero attached hydrogens (tertiary/aromatic N) is 1. The Morgan fingerprint density at radius 3 is 2.80 bits per heavy atom. The van der Waals surface area contributed by atoms with Gasteiger partial charge in [-0.1, -0.05) is 0 Å². The fraction of sp³-hybridized carbons (Fsp3) is 0.100. The Labute approximate surface area is 90.9 Å². The number of H-pyrrole nitrogens is 1. The molecule has 0 bridgehead atoms. The Morgan fingerprint density at radius 2 is 2.27 bits per heavy atom. The molecule has 0 saturated carbocycles. The summed E-state index contributed by atoms with van der Waals surface area (Å²) in [6.45, 7) is 0. The highest BCUT2D eigenvalue weighted by atomic mass is 35.5. The Kier molecular flexibility index (Phi) is 2.60. The molecule has 0 aliphatic carbocycles. The average Bonchev–Trinajstić information content (AvgIpc) is 2.65. The minimum Gasteiger partial charge on any atom is -0.494 e. The largest absolute Gasteiger partial charge is 0.494 e. The lowest BCUT2D eigenvalue weighted by Crippen LogP contribution is -1.88. The van der Waals surface area contributed by atoms with Gasteiger partial charge in [-0.25, -0.2) is 9.37 Å². The molecule has 0 amide bonds. The van der Waals surface area contributed by atoms with Crippen molar-refractivity contribution in [3.8, 4) is 17.0 Å². The van der Waals surface area contributed by atoms with Crippen molar-refractivity contribution in [2.75, 3.05) is 7.11 Å². The van der Waals surface area contributed by atoms with Gasteiger partial charge in [0.05, 0.1) is 19.0 Å². The number of benzene rings is 1. The number of imidazole rings is 1. The van der Waals surface area contributed by atoms with Crippen LogP contribution in [0.4, 0.5) is 4.39 Å². The van der Waals surface area contributed by atoms with Crippen LogP contribution in [-0.4, -0.2) is 17.1 Å². The number of hydrogen-bond donors (Lipinski definition) is 1. The molecule has 3 nitrogen and oxygen atoms in total. The molecule has 15 heavy (non-hydrogen) atoms. The second-order valence-electron chi connectivity index (χ2n) is 2.94. The molecule has 2 aromatic rings. The highest BCUT2D eigenvalue weighted by Crippen LogP contribution is 2.24. The molecule has 0 spiro atoms. The molecule has 1 aromatic heterocycles. The monoisotopic (exact) mass is 226 g/mol. The topological polar surface area (TPSA) is 37.9 Å². The molecule has 78 valence electrons. The third kappa shape index (κ3) is 1.94. The van der Waals surface area contributed by atoms with Crippen molar-refractivity contribution in [3.63, 3.8) is 0 Å². The summed E-state index contributed by atoms with van der Waals surface area (Å²) in [5, 5.41) is 0.279. The lowest BCUT2D eigenvalue weighted by molar-refractivity contribution is 0.386. The van der Waals surface area contributed by atoms with Gasteiger partial charge in [0, 0.05) is 5.56 Å². The molecule has 0 aliphatic rings. The van der Waals surface area contributed by atoms with Crippen LogP contribution in [0, 0.1) is 5.82 Å². The number of nitrogens with one attached hydrogen (secondary N) is 1. The first kappa shape index (κ1) is 9.98. The molecule has 0 radical (unpaired) electrons. The molecular formula is C10H8ClFN2O. The summed E-state index contributed by atoms with van der Waals surface area (Å²) >= 11 is 5.62. The van der Waals surface area contributed by atoms with Crippen LogP contribution in [-0.2, 0) is 0 Å². The summed E-state index contributed by atoms with van der Waals surface area (Å²) in [6, 6.07) is 4.65. The van der Waals surface area contributed by atoms with Gasteiger partial charge in [-0.2, -0.15) is 0 Å². The van der Waals surface area contributed by atoms with Crippen LogP contribution in [0.2, 0.25) is 5.28 Å². The summed E-state index contributed by atoms with van der Waals surface area (Å²) in [5.74, 6) is -0.204. The lowest BCUT2D eigenvalue weighted by Gasteiger charge is -2.03. The van der Waals surface area contributed by atoms with E-state index in [-0.39, 0.29) is 11.0 Å². The molecule has 0 atom stereocenters. The van der Waals surface area contributed by atoms with Crippen molar-refractivity contribution in [2.45, 2.75) is 0 Å². The van der Waals surface area contributed by atoms with E-state index in [1.807, 2.05) is 0 Å². The van der Waals surface area contributed by atoms with Crippen LogP contribution in [0.25, 0.3) is 11.3 Å². The highest BCUT2D eigenvalue weighted by molar-refractivity contribution is 6.28. The van der Waals surface area contributed by atoms with Gasteiger partial charge < -0.3 is 9.72 Å². The van der Waals surface area contributed by atoms with E-state index in [0.717, 1.165) is 0 Å². The van der Waals surface area contributed by atoms with E-state index >= 15 is 0 Å². The normalized spacial score (nSPS) is 10.3. The molecular weight excluding hydrogens is 219 g/mol.